The molecule has 0 aliphatic heterocycles. The highest BCUT2D eigenvalue weighted by molar-refractivity contribution is 9.10. The van der Waals surface area contributed by atoms with Crippen molar-refractivity contribution in [2.24, 2.45) is 5.92 Å². The van der Waals surface area contributed by atoms with Crippen LogP contribution in [0.4, 0.5) is 0 Å². The zero-order valence-electron chi connectivity index (χ0n) is 11.6. The molecule has 0 aliphatic carbocycles. The summed E-state index contributed by atoms with van der Waals surface area (Å²) in [5, 5.41) is 0. The molecule has 0 saturated carbocycles. The molecule has 2 aromatic rings. The number of H-pyrrole nitrogens is 1. The maximum Gasteiger partial charge on any atom is 0.265 e. The lowest BCUT2D eigenvalue weighted by Crippen LogP contribution is -2.15. The third-order valence-electron chi connectivity index (χ3n) is 2.75. The molecule has 5 nitrogen and oxygen atoms in total. The van der Waals surface area contributed by atoms with Gasteiger partial charge in [-0.25, -0.2) is 9.97 Å². The minimum Gasteiger partial charge on any atom is -0.481 e. The third kappa shape index (κ3) is 3.25. The molecule has 0 unspecified atom stereocenters. The van der Waals surface area contributed by atoms with Gasteiger partial charge in [0.15, 0.2) is 0 Å². The van der Waals surface area contributed by atoms with E-state index in [1.165, 1.54) is 0 Å². The van der Waals surface area contributed by atoms with Gasteiger partial charge >= 0.3 is 0 Å². The summed E-state index contributed by atoms with van der Waals surface area (Å²) in [4.78, 5) is 23.3. The van der Waals surface area contributed by atoms with Crippen LogP contribution in [0, 0.1) is 5.92 Å². The number of halogens is 1. The number of hydrogen-bond acceptors (Lipinski definition) is 4. The number of aromatic amines is 1. The van der Waals surface area contributed by atoms with E-state index in [1.54, 1.807) is 19.4 Å². The molecule has 2 rings (SSSR count). The van der Waals surface area contributed by atoms with Crippen LogP contribution in [0.1, 0.15) is 19.5 Å². The van der Waals surface area contributed by atoms with Crippen molar-refractivity contribution in [3.05, 3.63) is 38.9 Å². The van der Waals surface area contributed by atoms with Crippen molar-refractivity contribution in [3.8, 4) is 17.3 Å². The molecule has 2 aromatic heterocycles. The number of aromatic nitrogens is 3. The molecule has 106 valence electrons. The van der Waals surface area contributed by atoms with E-state index < -0.39 is 0 Å². The Morgan fingerprint density at radius 1 is 1.40 bits per heavy atom. The number of ether oxygens (including phenoxy) is 1. The number of rotatable bonds is 4. The van der Waals surface area contributed by atoms with Gasteiger partial charge in [0, 0.05) is 17.8 Å². The zero-order valence-corrected chi connectivity index (χ0v) is 13.2. The molecule has 2 heterocycles. The second-order valence-electron chi connectivity index (χ2n) is 4.86. The molecule has 0 amide bonds. The van der Waals surface area contributed by atoms with Gasteiger partial charge in [-0.2, -0.15) is 0 Å². The molecule has 0 saturated heterocycles. The Morgan fingerprint density at radius 2 is 2.15 bits per heavy atom. The van der Waals surface area contributed by atoms with E-state index in [1.807, 2.05) is 6.07 Å². The van der Waals surface area contributed by atoms with Gasteiger partial charge in [0.25, 0.3) is 5.56 Å². The molecule has 0 aromatic carbocycles. The van der Waals surface area contributed by atoms with E-state index in [0.29, 0.717) is 22.1 Å². The summed E-state index contributed by atoms with van der Waals surface area (Å²) in [6, 6.07) is 3.55. The molecular formula is C14H16BrN3O2. The summed E-state index contributed by atoms with van der Waals surface area (Å²) in [5.74, 6) is 1.46. The van der Waals surface area contributed by atoms with E-state index in [0.717, 1.165) is 17.7 Å². The SMILES string of the molecule is COc1ccc(-c2nc(CC(C)C)c(Br)c(=O)[nH]2)cn1. The zero-order chi connectivity index (χ0) is 14.7. The fraction of sp³-hybridized carbons (Fsp3) is 0.357. The summed E-state index contributed by atoms with van der Waals surface area (Å²) in [5.41, 5.74) is 1.33. The highest BCUT2D eigenvalue weighted by Gasteiger charge is 2.12. The first kappa shape index (κ1) is 14.7. The second kappa shape index (κ2) is 6.17. The predicted molar refractivity (Wildman–Crippen MR) is 80.9 cm³/mol. The number of methoxy groups -OCH3 is 1. The quantitative estimate of drug-likeness (QED) is 0.931. The minimum absolute atomic E-state index is 0.179. The second-order valence-corrected chi connectivity index (χ2v) is 5.66. The van der Waals surface area contributed by atoms with E-state index in [4.69, 9.17) is 4.74 Å². The predicted octanol–water partition coefficient (Wildman–Crippen LogP) is 2.80. The molecule has 0 fully saturated rings. The minimum atomic E-state index is -0.179. The summed E-state index contributed by atoms with van der Waals surface area (Å²) >= 11 is 3.30. The average molecular weight is 338 g/mol. The summed E-state index contributed by atoms with van der Waals surface area (Å²) in [7, 11) is 1.56. The van der Waals surface area contributed by atoms with Gasteiger partial charge in [0.2, 0.25) is 5.88 Å². The topological polar surface area (TPSA) is 67.9 Å². The molecule has 6 heteroatoms. The Hall–Kier alpha value is -1.69. The fourth-order valence-electron chi connectivity index (χ4n) is 1.81. The Balaban J connectivity index is 2.45. The van der Waals surface area contributed by atoms with Crippen LogP contribution in [-0.4, -0.2) is 22.1 Å². The van der Waals surface area contributed by atoms with Crippen molar-refractivity contribution in [2.75, 3.05) is 7.11 Å². The summed E-state index contributed by atoms with van der Waals surface area (Å²) < 4.78 is 5.51. The Morgan fingerprint density at radius 3 is 2.70 bits per heavy atom. The van der Waals surface area contributed by atoms with Gasteiger partial charge in [0.1, 0.15) is 10.3 Å². The van der Waals surface area contributed by atoms with Crippen molar-refractivity contribution >= 4 is 15.9 Å². The first-order chi connectivity index (χ1) is 9.51. The lowest BCUT2D eigenvalue weighted by atomic mass is 10.1. The van der Waals surface area contributed by atoms with E-state index in [-0.39, 0.29) is 5.56 Å². The first-order valence-corrected chi connectivity index (χ1v) is 7.09. The Labute approximate surface area is 125 Å². The highest BCUT2D eigenvalue weighted by Crippen LogP contribution is 2.19. The van der Waals surface area contributed by atoms with Crippen molar-refractivity contribution in [1.29, 1.82) is 0 Å². The van der Waals surface area contributed by atoms with Crippen molar-refractivity contribution < 1.29 is 4.74 Å². The van der Waals surface area contributed by atoms with Crippen LogP contribution in [0.2, 0.25) is 0 Å². The maximum absolute atomic E-state index is 12.0. The number of nitrogens with one attached hydrogen (secondary N) is 1. The van der Waals surface area contributed by atoms with Crippen LogP contribution in [0.15, 0.2) is 27.6 Å². The van der Waals surface area contributed by atoms with Crippen LogP contribution < -0.4 is 10.3 Å². The molecule has 0 spiro atoms. The van der Waals surface area contributed by atoms with E-state index in [9.17, 15) is 4.79 Å². The van der Waals surface area contributed by atoms with Crippen molar-refractivity contribution in [1.82, 2.24) is 15.0 Å². The highest BCUT2D eigenvalue weighted by atomic mass is 79.9. The van der Waals surface area contributed by atoms with Crippen LogP contribution >= 0.6 is 15.9 Å². The Bertz CT molecular complexity index is 650. The maximum atomic E-state index is 12.0. The number of nitrogens with zero attached hydrogens (tertiary/aromatic N) is 2. The molecule has 0 radical (unpaired) electrons. The van der Waals surface area contributed by atoms with Crippen LogP contribution in [0.25, 0.3) is 11.4 Å². The molecule has 20 heavy (non-hydrogen) atoms. The smallest absolute Gasteiger partial charge is 0.265 e. The van der Waals surface area contributed by atoms with Gasteiger partial charge in [-0.1, -0.05) is 13.8 Å². The van der Waals surface area contributed by atoms with Crippen molar-refractivity contribution in [2.45, 2.75) is 20.3 Å². The van der Waals surface area contributed by atoms with Gasteiger partial charge < -0.3 is 9.72 Å². The standard InChI is InChI=1S/C14H16BrN3O2/c1-8(2)6-10-12(15)14(19)18-13(17-10)9-4-5-11(20-3)16-7-9/h4-5,7-8H,6H2,1-3H3,(H,17,18,19). The van der Waals surface area contributed by atoms with Crippen molar-refractivity contribution in [3.63, 3.8) is 0 Å². The van der Waals surface area contributed by atoms with Crippen LogP contribution in [0.5, 0.6) is 5.88 Å². The lowest BCUT2D eigenvalue weighted by molar-refractivity contribution is 0.398. The normalized spacial score (nSPS) is 10.8. The summed E-state index contributed by atoms with van der Waals surface area (Å²) in [6.07, 6.45) is 2.37. The molecule has 0 bridgehead atoms. The van der Waals surface area contributed by atoms with E-state index in [2.05, 4.69) is 44.7 Å². The fourth-order valence-corrected chi connectivity index (χ4v) is 2.15. The van der Waals surface area contributed by atoms with Gasteiger partial charge in [-0.05, 0) is 34.3 Å². The first-order valence-electron chi connectivity index (χ1n) is 6.30. The molecule has 0 atom stereocenters. The Kier molecular flexibility index (Phi) is 4.54. The monoisotopic (exact) mass is 337 g/mol. The number of hydrogen-bond donors (Lipinski definition) is 1. The van der Waals surface area contributed by atoms with Crippen LogP contribution in [0.3, 0.4) is 0 Å². The van der Waals surface area contributed by atoms with Gasteiger partial charge in [-0.15, -0.1) is 0 Å². The van der Waals surface area contributed by atoms with E-state index >= 15 is 0 Å². The largest absolute Gasteiger partial charge is 0.481 e. The lowest BCUT2D eigenvalue weighted by Gasteiger charge is -2.09. The summed E-state index contributed by atoms with van der Waals surface area (Å²) in [6.45, 7) is 4.17. The molecule has 1 N–H and O–H groups in total. The third-order valence-corrected chi connectivity index (χ3v) is 3.57. The molecular weight excluding hydrogens is 322 g/mol. The number of pyridine rings is 1. The van der Waals surface area contributed by atoms with Crippen LogP contribution in [-0.2, 0) is 6.42 Å². The average Bonchev–Trinajstić information content (AvgIpc) is 2.43. The van der Waals surface area contributed by atoms with Gasteiger partial charge in [0.05, 0.1) is 12.8 Å². The molecule has 0 aliphatic rings. The van der Waals surface area contributed by atoms with Gasteiger partial charge in [-0.3, -0.25) is 4.79 Å².